The third kappa shape index (κ3) is 9.34. The van der Waals surface area contributed by atoms with Gasteiger partial charge in [0.25, 0.3) is 0 Å². The standard InChI is InChI=1S/C24H31N6.CH4O3S/c1-19(2)24-29(25-17-20-7-11-22(12-8-20)27(3)4)15-16-30(24)26-18-21-9-13-23(14-10-21)28(5)6;1-5(2,3)4/h7-19H,1-6H3;1H3,(H,2,3,4)/q+1;/p-1. The van der Waals surface area contributed by atoms with Crippen LogP contribution in [0.3, 0.4) is 0 Å². The Hall–Kier alpha value is -3.50. The van der Waals surface area contributed by atoms with E-state index in [4.69, 9.17) is 13.0 Å². The average molecular weight is 499 g/mol. The molecule has 0 amide bonds. The minimum Gasteiger partial charge on any atom is -0.748 e. The second kappa shape index (κ2) is 12.3. The Morgan fingerprint density at radius 2 is 1.31 bits per heavy atom. The van der Waals surface area contributed by atoms with Crippen LogP contribution in [0.4, 0.5) is 11.4 Å². The van der Waals surface area contributed by atoms with Crippen molar-refractivity contribution in [3.05, 3.63) is 77.9 Å². The van der Waals surface area contributed by atoms with E-state index < -0.39 is 10.1 Å². The lowest BCUT2D eigenvalue weighted by molar-refractivity contribution is -0.686. The van der Waals surface area contributed by atoms with Gasteiger partial charge in [-0.15, -0.1) is 9.35 Å². The van der Waals surface area contributed by atoms with Gasteiger partial charge in [-0.05, 0) is 35.4 Å². The third-order valence-electron chi connectivity index (χ3n) is 4.82. The van der Waals surface area contributed by atoms with Gasteiger partial charge in [-0.25, -0.2) is 8.42 Å². The predicted molar refractivity (Wildman–Crippen MR) is 142 cm³/mol. The molecule has 1 heterocycles. The number of imidazole rings is 1. The highest BCUT2D eigenvalue weighted by atomic mass is 32.2. The van der Waals surface area contributed by atoms with Crippen LogP contribution in [-0.2, 0) is 10.1 Å². The van der Waals surface area contributed by atoms with Crippen molar-refractivity contribution in [3.8, 4) is 0 Å². The number of anilines is 2. The molecular weight excluding hydrogens is 464 g/mol. The number of hydrogen-bond donors (Lipinski definition) is 0. The predicted octanol–water partition coefficient (Wildman–Crippen LogP) is 2.96. The highest BCUT2D eigenvalue weighted by Crippen LogP contribution is 2.13. The minimum absolute atomic E-state index is 0.265. The van der Waals surface area contributed by atoms with Gasteiger partial charge in [-0.1, -0.05) is 48.3 Å². The van der Waals surface area contributed by atoms with E-state index in [0.717, 1.165) is 17.0 Å². The summed E-state index contributed by atoms with van der Waals surface area (Å²) in [7, 11) is 4.23. The first-order chi connectivity index (χ1) is 16.3. The Bertz CT molecular complexity index is 1160. The number of hydrogen-bond acceptors (Lipinski definition) is 7. The molecule has 0 saturated heterocycles. The maximum absolute atomic E-state index is 9.08. The van der Waals surface area contributed by atoms with Crippen LogP contribution in [0.15, 0.2) is 71.1 Å². The largest absolute Gasteiger partial charge is 0.748 e. The summed E-state index contributed by atoms with van der Waals surface area (Å²) in [6.07, 6.45) is 8.23. The lowest BCUT2D eigenvalue weighted by Gasteiger charge is -2.11. The Morgan fingerprint density at radius 1 is 0.886 bits per heavy atom. The molecule has 0 aliphatic rings. The smallest absolute Gasteiger partial charge is 0.310 e. The quantitative estimate of drug-likeness (QED) is 0.283. The fraction of sp³-hybridized carbons (Fsp3) is 0.320. The summed E-state index contributed by atoms with van der Waals surface area (Å²) in [5.41, 5.74) is 4.45. The molecule has 0 saturated carbocycles. The normalized spacial score (nSPS) is 11.7. The highest BCUT2D eigenvalue weighted by molar-refractivity contribution is 7.84. The molecule has 10 heteroatoms. The Balaban J connectivity index is 0.000000784. The van der Waals surface area contributed by atoms with Crippen molar-refractivity contribution < 1.29 is 17.6 Å². The molecule has 0 N–H and O–H groups in total. The summed E-state index contributed by atoms with van der Waals surface area (Å²) < 4.78 is 31.0. The SMILES string of the molecule is CC(C)c1n(N=Cc2ccc(N(C)C)cc2)cc[n+]1N=Cc1ccc(N(C)C)cc1.CS(=O)(=O)[O-]. The molecule has 35 heavy (non-hydrogen) atoms. The van der Waals surface area contributed by atoms with Crippen LogP contribution < -0.4 is 14.5 Å². The van der Waals surface area contributed by atoms with Crippen molar-refractivity contribution in [3.63, 3.8) is 0 Å². The van der Waals surface area contributed by atoms with E-state index in [2.05, 4.69) is 82.4 Å². The lowest BCUT2D eigenvalue weighted by atomic mass is 10.2. The highest BCUT2D eigenvalue weighted by Gasteiger charge is 2.20. The van der Waals surface area contributed by atoms with Gasteiger partial charge < -0.3 is 14.4 Å². The molecule has 3 rings (SSSR count). The first-order valence-electron chi connectivity index (χ1n) is 11.0. The minimum atomic E-state index is -3.92. The zero-order valence-electron chi connectivity index (χ0n) is 21.3. The van der Waals surface area contributed by atoms with Crippen molar-refractivity contribution in [1.29, 1.82) is 0 Å². The van der Waals surface area contributed by atoms with Gasteiger partial charge in [0.1, 0.15) is 0 Å². The Morgan fingerprint density at radius 3 is 1.71 bits per heavy atom. The van der Waals surface area contributed by atoms with Crippen LogP contribution in [0.1, 0.15) is 36.7 Å². The van der Waals surface area contributed by atoms with Gasteiger partial charge in [-0.3, -0.25) is 0 Å². The van der Waals surface area contributed by atoms with Crippen LogP contribution in [0, 0.1) is 0 Å². The monoisotopic (exact) mass is 498 g/mol. The molecule has 0 spiro atoms. The second-order valence-electron chi connectivity index (χ2n) is 8.67. The molecule has 2 aromatic carbocycles. The molecule has 0 fully saturated rings. The maximum Gasteiger partial charge on any atom is 0.310 e. The van der Waals surface area contributed by atoms with E-state index in [1.165, 1.54) is 11.4 Å². The molecule has 1 aromatic heterocycles. The Kier molecular flexibility index (Phi) is 9.73. The summed E-state index contributed by atoms with van der Waals surface area (Å²) >= 11 is 0. The number of aromatic nitrogens is 2. The first kappa shape index (κ1) is 27.7. The van der Waals surface area contributed by atoms with E-state index in [1.807, 2.05) is 62.4 Å². The van der Waals surface area contributed by atoms with Crippen molar-refractivity contribution >= 4 is 33.9 Å². The molecule has 9 nitrogen and oxygen atoms in total. The molecule has 0 aliphatic heterocycles. The topological polar surface area (TPSA) is 97.2 Å². The number of rotatable bonds is 7. The van der Waals surface area contributed by atoms with Crippen LogP contribution in [-0.4, -0.2) is 64.5 Å². The summed E-state index contributed by atoms with van der Waals surface area (Å²) in [4.78, 5) is 4.16. The van der Waals surface area contributed by atoms with Gasteiger partial charge in [-0.2, -0.15) is 0 Å². The second-order valence-corrected chi connectivity index (χ2v) is 10.1. The van der Waals surface area contributed by atoms with Gasteiger partial charge in [0, 0.05) is 45.8 Å². The molecule has 3 aromatic rings. The van der Waals surface area contributed by atoms with Crippen molar-refractivity contribution in [2.24, 2.45) is 10.2 Å². The number of benzene rings is 2. The van der Waals surface area contributed by atoms with Crippen LogP contribution >= 0.6 is 0 Å². The van der Waals surface area contributed by atoms with E-state index in [1.54, 1.807) is 0 Å². The van der Waals surface area contributed by atoms with E-state index >= 15 is 0 Å². The van der Waals surface area contributed by atoms with Crippen LogP contribution in [0.25, 0.3) is 0 Å². The number of nitrogens with zero attached hydrogens (tertiary/aromatic N) is 6. The molecule has 0 atom stereocenters. The fourth-order valence-electron chi connectivity index (χ4n) is 3.08. The molecule has 0 unspecified atom stereocenters. The molecule has 0 bridgehead atoms. The van der Waals surface area contributed by atoms with Crippen molar-refractivity contribution in [2.45, 2.75) is 19.8 Å². The van der Waals surface area contributed by atoms with Crippen LogP contribution in [0.2, 0.25) is 0 Å². The van der Waals surface area contributed by atoms with Crippen molar-refractivity contribution in [1.82, 2.24) is 4.68 Å². The fourth-order valence-corrected chi connectivity index (χ4v) is 3.08. The maximum atomic E-state index is 9.08. The third-order valence-corrected chi connectivity index (χ3v) is 4.82. The first-order valence-corrected chi connectivity index (χ1v) is 12.8. The van der Waals surface area contributed by atoms with Gasteiger partial charge in [0.2, 0.25) is 0 Å². The lowest BCUT2D eigenvalue weighted by Crippen LogP contribution is -2.32. The van der Waals surface area contributed by atoms with Gasteiger partial charge >= 0.3 is 5.82 Å². The van der Waals surface area contributed by atoms with Gasteiger partial charge in [0.05, 0.1) is 28.5 Å². The van der Waals surface area contributed by atoms with E-state index in [-0.39, 0.29) is 5.92 Å². The molecule has 188 valence electrons. The summed E-state index contributed by atoms with van der Waals surface area (Å²) in [5.74, 6) is 1.28. The zero-order valence-corrected chi connectivity index (χ0v) is 22.1. The summed E-state index contributed by atoms with van der Waals surface area (Å²) in [5, 5.41) is 9.31. The van der Waals surface area contributed by atoms with E-state index in [0.29, 0.717) is 6.26 Å². The van der Waals surface area contributed by atoms with Crippen LogP contribution in [0.5, 0.6) is 0 Å². The Labute approximate surface area is 208 Å². The summed E-state index contributed by atoms with van der Waals surface area (Å²) in [6, 6.07) is 16.6. The molecular formula is C25H34N6O3S. The molecule has 0 aliphatic carbocycles. The van der Waals surface area contributed by atoms with E-state index in [9.17, 15) is 0 Å². The summed E-state index contributed by atoms with van der Waals surface area (Å²) in [6.45, 7) is 4.29. The average Bonchev–Trinajstić information content (AvgIpc) is 3.19. The zero-order chi connectivity index (χ0) is 26.2. The van der Waals surface area contributed by atoms with Crippen molar-refractivity contribution in [2.75, 3.05) is 44.2 Å². The van der Waals surface area contributed by atoms with Gasteiger partial charge in [0.15, 0.2) is 12.4 Å². The molecule has 0 radical (unpaired) electrons.